The first-order chi connectivity index (χ1) is 19.1. The summed E-state index contributed by atoms with van der Waals surface area (Å²) in [5.41, 5.74) is 8.81. The van der Waals surface area contributed by atoms with Crippen LogP contribution in [0.1, 0.15) is 50.0 Å². The molecule has 8 nitrogen and oxygen atoms in total. The Morgan fingerprint density at radius 2 is 1.88 bits per heavy atom. The van der Waals surface area contributed by atoms with Crippen LogP contribution in [0.25, 0.3) is 0 Å². The van der Waals surface area contributed by atoms with E-state index < -0.39 is 13.8 Å². The lowest BCUT2D eigenvalue weighted by Gasteiger charge is -2.44. The lowest BCUT2D eigenvalue weighted by atomic mass is 9.72. The molecule has 0 amide bonds. The topological polar surface area (TPSA) is 100 Å². The van der Waals surface area contributed by atoms with Crippen LogP contribution in [0.5, 0.6) is 5.75 Å². The molecule has 1 aromatic heterocycles. The highest BCUT2D eigenvalue weighted by Crippen LogP contribution is 2.43. The van der Waals surface area contributed by atoms with Crippen LogP contribution < -0.4 is 31.5 Å². The van der Waals surface area contributed by atoms with Gasteiger partial charge in [0.1, 0.15) is 17.9 Å². The molecule has 2 heterocycles. The fraction of sp³-hybridized carbons (Fsp3) is 0.429. The third kappa shape index (κ3) is 6.74. The van der Waals surface area contributed by atoms with Crippen molar-refractivity contribution in [2.75, 3.05) is 30.5 Å². The minimum atomic E-state index is -2.98. The van der Waals surface area contributed by atoms with Gasteiger partial charge < -0.3 is 19.9 Å². The maximum atomic E-state index is 13.4. The van der Waals surface area contributed by atoms with E-state index in [1.165, 1.54) is 6.20 Å². The highest BCUT2D eigenvalue weighted by molar-refractivity contribution is 7.70. The van der Waals surface area contributed by atoms with Crippen molar-refractivity contribution in [3.8, 4) is 5.75 Å². The van der Waals surface area contributed by atoms with Crippen molar-refractivity contribution in [1.29, 1.82) is 0 Å². The van der Waals surface area contributed by atoms with Gasteiger partial charge in [0.05, 0.1) is 17.6 Å². The quantitative estimate of drug-likeness (QED) is 0.214. The number of benzene rings is 2. The number of ether oxygens (including phenoxy) is 1. The Morgan fingerprint density at radius 3 is 2.58 bits per heavy atom. The van der Waals surface area contributed by atoms with Crippen molar-refractivity contribution in [1.82, 2.24) is 20.8 Å². The minimum Gasteiger partial charge on any atom is -0.433 e. The van der Waals surface area contributed by atoms with Gasteiger partial charge in [-0.15, -0.1) is 0 Å². The molecule has 0 unspecified atom stereocenters. The molecule has 12 heteroatoms. The summed E-state index contributed by atoms with van der Waals surface area (Å²) in [4.78, 5) is 8.68. The van der Waals surface area contributed by atoms with Crippen molar-refractivity contribution in [3.05, 3.63) is 59.2 Å². The average molecular weight is 591 g/mol. The molecule has 2 fully saturated rings. The van der Waals surface area contributed by atoms with Gasteiger partial charge in [0, 0.05) is 17.4 Å². The summed E-state index contributed by atoms with van der Waals surface area (Å²) in [5.74, 6) is 0.721. The van der Waals surface area contributed by atoms with E-state index in [1.807, 2.05) is 18.2 Å². The number of hydrogen-bond donors (Lipinski definition) is 4. The van der Waals surface area contributed by atoms with Crippen LogP contribution in [-0.4, -0.2) is 42.0 Å². The number of nitrogens with zero attached hydrogens (tertiary/aromatic N) is 2. The van der Waals surface area contributed by atoms with E-state index in [1.54, 1.807) is 37.6 Å². The molecule has 5 rings (SSSR count). The van der Waals surface area contributed by atoms with Gasteiger partial charge in [-0.3, -0.25) is 10.9 Å². The van der Waals surface area contributed by atoms with E-state index >= 15 is 0 Å². The summed E-state index contributed by atoms with van der Waals surface area (Å²) in [6.07, 6.45) is 7.70. The van der Waals surface area contributed by atoms with Crippen molar-refractivity contribution < 1.29 is 18.1 Å². The van der Waals surface area contributed by atoms with Crippen molar-refractivity contribution in [3.63, 3.8) is 0 Å². The third-order valence-corrected chi connectivity index (χ3v) is 9.50. The van der Waals surface area contributed by atoms with E-state index in [-0.39, 0.29) is 34.0 Å². The molecule has 4 N–H and O–H groups in total. The van der Waals surface area contributed by atoms with Crippen LogP contribution >= 0.6 is 18.7 Å². The molecule has 0 radical (unpaired) electrons. The number of hydrogen-bond acceptors (Lipinski definition) is 8. The van der Waals surface area contributed by atoms with Crippen LogP contribution in [0.3, 0.4) is 0 Å². The molecule has 1 aliphatic heterocycles. The number of alkyl halides is 2. The molecule has 40 heavy (non-hydrogen) atoms. The van der Waals surface area contributed by atoms with E-state index in [4.69, 9.17) is 16.3 Å². The monoisotopic (exact) mass is 590 g/mol. The number of hydrazine groups is 1. The molecule has 1 saturated heterocycles. The van der Waals surface area contributed by atoms with Gasteiger partial charge in [-0.1, -0.05) is 29.8 Å². The van der Waals surface area contributed by atoms with Gasteiger partial charge >= 0.3 is 6.61 Å². The van der Waals surface area contributed by atoms with Gasteiger partial charge in [0.2, 0.25) is 5.95 Å². The van der Waals surface area contributed by atoms with Gasteiger partial charge in [0.25, 0.3) is 0 Å². The average Bonchev–Trinajstić information content (AvgIpc) is 2.92. The zero-order chi connectivity index (χ0) is 28.3. The van der Waals surface area contributed by atoms with Crippen molar-refractivity contribution >= 4 is 47.2 Å². The summed E-state index contributed by atoms with van der Waals surface area (Å²) in [6.45, 7) is 1.37. The molecule has 1 aliphatic carbocycles. The fourth-order valence-corrected chi connectivity index (χ4v) is 6.90. The first-order valence-electron chi connectivity index (χ1n) is 13.4. The highest BCUT2D eigenvalue weighted by atomic mass is 35.5. The summed E-state index contributed by atoms with van der Waals surface area (Å²) >= 11 is 6.36. The maximum absolute atomic E-state index is 13.4. The number of rotatable bonds is 8. The van der Waals surface area contributed by atoms with Crippen LogP contribution in [0.15, 0.2) is 48.7 Å². The molecule has 214 valence electrons. The Bertz CT molecular complexity index is 1390. The Morgan fingerprint density at radius 1 is 1.10 bits per heavy atom. The molecule has 2 aliphatic rings. The largest absolute Gasteiger partial charge is 0.433 e. The summed E-state index contributed by atoms with van der Waals surface area (Å²) in [6, 6.07) is 12.6. The highest BCUT2D eigenvalue weighted by Gasteiger charge is 2.36. The third-order valence-electron chi connectivity index (χ3n) is 7.67. The summed E-state index contributed by atoms with van der Waals surface area (Å²) < 4.78 is 44.5. The zero-order valence-electron chi connectivity index (χ0n) is 22.5. The van der Waals surface area contributed by atoms with E-state index in [9.17, 15) is 13.3 Å². The van der Waals surface area contributed by atoms with Gasteiger partial charge in [0.15, 0.2) is 5.82 Å². The molecule has 2 aromatic carbocycles. The fourth-order valence-electron chi connectivity index (χ4n) is 5.61. The number of anilines is 4. The predicted molar refractivity (Wildman–Crippen MR) is 157 cm³/mol. The first kappa shape index (κ1) is 28.7. The Balaban J connectivity index is 1.35. The molecule has 1 saturated carbocycles. The normalized spacial score (nSPS) is 21.4. The lowest BCUT2D eigenvalue weighted by Crippen LogP contribution is -2.57. The maximum Gasteiger partial charge on any atom is 0.387 e. The molecular weight excluding hydrogens is 557 g/mol. The van der Waals surface area contributed by atoms with E-state index in [0.717, 1.165) is 50.6 Å². The van der Waals surface area contributed by atoms with Crippen LogP contribution in [0.4, 0.5) is 31.9 Å². The summed E-state index contributed by atoms with van der Waals surface area (Å²) in [5, 5.41) is 7.05. The second kappa shape index (κ2) is 12.0. The van der Waals surface area contributed by atoms with Crippen LogP contribution in [0.2, 0.25) is 5.02 Å². The lowest BCUT2D eigenvalue weighted by molar-refractivity contribution is -0.0494. The zero-order valence-corrected chi connectivity index (χ0v) is 24.2. The van der Waals surface area contributed by atoms with Gasteiger partial charge in [-0.25, -0.2) is 4.98 Å². The number of para-hydroxylation sites is 1. The van der Waals surface area contributed by atoms with Gasteiger partial charge in [-0.05, 0) is 87.6 Å². The number of aromatic nitrogens is 2. The second-order valence-corrected chi connectivity index (χ2v) is 14.4. The second-order valence-electron chi connectivity index (χ2n) is 10.9. The van der Waals surface area contributed by atoms with Crippen LogP contribution in [-0.2, 0) is 4.57 Å². The SMILES string of the molecule is CP(C)(=O)c1ccccc1Nc1nc(Nc2ccc(C3CCC4(CCCNN4)CC3)cc2OC(F)F)ncc1Cl. The van der Waals surface area contributed by atoms with Crippen molar-refractivity contribution in [2.24, 2.45) is 0 Å². The molecular formula is C28H34ClF2N6O2P. The summed E-state index contributed by atoms with van der Waals surface area (Å²) in [7, 11) is -2.58. The Labute approximate surface area is 238 Å². The van der Waals surface area contributed by atoms with Crippen molar-refractivity contribution in [2.45, 2.75) is 56.6 Å². The molecule has 3 aromatic rings. The Hall–Kier alpha value is -2.78. The molecule has 1 spiro atoms. The predicted octanol–water partition coefficient (Wildman–Crippen LogP) is 6.75. The van der Waals surface area contributed by atoms with Gasteiger partial charge in [-0.2, -0.15) is 13.8 Å². The number of nitrogens with one attached hydrogen (secondary N) is 4. The van der Waals surface area contributed by atoms with E-state index in [0.29, 0.717) is 16.7 Å². The molecule has 0 bridgehead atoms. The van der Waals surface area contributed by atoms with Crippen LogP contribution in [0, 0.1) is 0 Å². The molecule has 0 atom stereocenters. The Kier molecular flexibility index (Phi) is 8.61. The smallest absolute Gasteiger partial charge is 0.387 e. The minimum absolute atomic E-state index is 0.0292. The first-order valence-corrected chi connectivity index (χ1v) is 16.4. The van der Waals surface area contributed by atoms with E-state index in [2.05, 4.69) is 31.5 Å². The standard InChI is InChI=1S/C28H34ClF2N6O2P/c1-40(2,38)24-7-4-3-6-22(24)34-25-20(29)17-32-27(36-25)35-21-9-8-19(16-23(21)39-26(30)31)18-10-13-28(14-11-18)12-5-15-33-37-28/h3-4,6-9,16-18,26,33,37H,5,10-15H2,1-2H3,(H2,32,34,35,36). The number of halogens is 3.